The molecule has 0 spiro atoms. The fourth-order valence-electron chi connectivity index (χ4n) is 2.74. The van der Waals surface area contributed by atoms with Crippen molar-refractivity contribution in [2.24, 2.45) is 5.92 Å². The van der Waals surface area contributed by atoms with E-state index in [2.05, 4.69) is 6.92 Å². The standard InChI is InChI=1S/C18H28F2O3/c1-2-3-4-5-6-7-8-15(18(21,22)23)11-9-14-10-12-16(19)17(20)13-14/h10,12-13,15,21-23H,2-9,11H2,1H3. The van der Waals surface area contributed by atoms with Crippen LogP contribution in [-0.4, -0.2) is 21.3 Å². The molecular weight excluding hydrogens is 302 g/mol. The summed E-state index contributed by atoms with van der Waals surface area (Å²) in [5.41, 5.74) is 0.570. The van der Waals surface area contributed by atoms with Crippen molar-refractivity contribution in [3.8, 4) is 0 Å². The third-order valence-electron chi connectivity index (χ3n) is 4.22. The lowest BCUT2D eigenvalue weighted by Crippen LogP contribution is -2.37. The molecule has 1 aromatic rings. The van der Waals surface area contributed by atoms with Crippen LogP contribution in [0.25, 0.3) is 0 Å². The van der Waals surface area contributed by atoms with Gasteiger partial charge in [-0.25, -0.2) is 8.78 Å². The van der Waals surface area contributed by atoms with E-state index in [4.69, 9.17) is 0 Å². The molecule has 23 heavy (non-hydrogen) atoms. The van der Waals surface area contributed by atoms with Crippen LogP contribution in [0.2, 0.25) is 0 Å². The molecule has 5 heteroatoms. The zero-order valence-electron chi connectivity index (χ0n) is 13.8. The molecule has 3 N–H and O–H groups in total. The van der Waals surface area contributed by atoms with Crippen molar-refractivity contribution in [3.05, 3.63) is 35.4 Å². The molecule has 0 aliphatic rings. The van der Waals surface area contributed by atoms with Crippen LogP contribution in [0.15, 0.2) is 18.2 Å². The van der Waals surface area contributed by atoms with Crippen LogP contribution in [0.4, 0.5) is 8.78 Å². The van der Waals surface area contributed by atoms with Crippen molar-refractivity contribution in [2.75, 3.05) is 0 Å². The van der Waals surface area contributed by atoms with E-state index in [9.17, 15) is 24.1 Å². The van der Waals surface area contributed by atoms with Gasteiger partial charge >= 0.3 is 0 Å². The highest BCUT2D eigenvalue weighted by Gasteiger charge is 2.31. The Kier molecular flexibility index (Phi) is 8.66. The second kappa shape index (κ2) is 9.96. The first-order valence-corrected chi connectivity index (χ1v) is 8.45. The number of rotatable bonds is 11. The van der Waals surface area contributed by atoms with Gasteiger partial charge in [0.05, 0.1) is 0 Å². The summed E-state index contributed by atoms with van der Waals surface area (Å²) < 4.78 is 26.1. The lowest BCUT2D eigenvalue weighted by molar-refractivity contribution is -0.343. The molecule has 1 aromatic carbocycles. The largest absolute Gasteiger partial charge is 0.343 e. The van der Waals surface area contributed by atoms with Crippen LogP contribution in [-0.2, 0) is 6.42 Å². The molecule has 0 fully saturated rings. The van der Waals surface area contributed by atoms with E-state index >= 15 is 0 Å². The molecule has 3 nitrogen and oxygen atoms in total. The van der Waals surface area contributed by atoms with Crippen LogP contribution < -0.4 is 0 Å². The first kappa shape index (κ1) is 20.0. The van der Waals surface area contributed by atoms with Crippen molar-refractivity contribution in [1.82, 2.24) is 0 Å². The molecule has 0 radical (unpaired) electrons. The van der Waals surface area contributed by atoms with Crippen molar-refractivity contribution >= 4 is 0 Å². The van der Waals surface area contributed by atoms with E-state index < -0.39 is 23.5 Å². The van der Waals surface area contributed by atoms with Gasteiger partial charge < -0.3 is 15.3 Å². The number of hydrogen-bond acceptors (Lipinski definition) is 3. The van der Waals surface area contributed by atoms with E-state index in [1.165, 1.54) is 25.3 Å². The van der Waals surface area contributed by atoms with Crippen LogP contribution in [0, 0.1) is 17.6 Å². The Hall–Kier alpha value is -1.04. The summed E-state index contributed by atoms with van der Waals surface area (Å²) >= 11 is 0. The fourth-order valence-corrected chi connectivity index (χ4v) is 2.74. The molecule has 132 valence electrons. The first-order valence-electron chi connectivity index (χ1n) is 8.45. The van der Waals surface area contributed by atoms with Gasteiger partial charge in [-0.2, -0.15) is 0 Å². The fraction of sp³-hybridized carbons (Fsp3) is 0.667. The summed E-state index contributed by atoms with van der Waals surface area (Å²) in [5.74, 6) is -5.26. The highest BCUT2D eigenvalue weighted by molar-refractivity contribution is 5.17. The second-order valence-electron chi connectivity index (χ2n) is 6.23. The van der Waals surface area contributed by atoms with E-state index in [0.29, 0.717) is 24.8 Å². The summed E-state index contributed by atoms with van der Waals surface area (Å²) in [7, 11) is 0. The molecular formula is C18H28F2O3. The van der Waals surface area contributed by atoms with Gasteiger partial charge in [-0.1, -0.05) is 51.5 Å². The SMILES string of the molecule is CCCCCCCCC(CCc1ccc(F)c(F)c1)C(O)(O)O. The Labute approximate surface area is 137 Å². The van der Waals surface area contributed by atoms with Crippen LogP contribution in [0.1, 0.15) is 63.9 Å². The number of halogens is 2. The lowest BCUT2D eigenvalue weighted by Gasteiger charge is -2.26. The average molecular weight is 330 g/mol. The lowest BCUT2D eigenvalue weighted by atomic mass is 9.91. The number of hydrogen-bond donors (Lipinski definition) is 3. The molecule has 0 bridgehead atoms. The molecule has 1 atom stereocenters. The average Bonchev–Trinajstić information content (AvgIpc) is 2.48. The maximum atomic E-state index is 13.2. The number of unbranched alkanes of at least 4 members (excludes halogenated alkanes) is 5. The van der Waals surface area contributed by atoms with Gasteiger partial charge in [-0.05, 0) is 37.0 Å². The summed E-state index contributed by atoms with van der Waals surface area (Å²) in [6.07, 6.45) is 7.54. The minimum Gasteiger partial charge on any atom is -0.343 e. The van der Waals surface area contributed by atoms with Gasteiger partial charge in [-0.3, -0.25) is 0 Å². The number of benzene rings is 1. The smallest absolute Gasteiger partial charge is 0.278 e. The normalized spacial score (nSPS) is 13.3. The highest BCUT2D eigenvalue weighted by Crippen LogP contribution is 2.25. The third-order valence-corrected chi connectivity index (χ3v) is 4.22. The Morgan fingerprint density at radius 2 is 1.57 bits per heavy atom. The van der Waals surface area contributed by atoms with E-state index in [-0.39, 0.29) is 0 Å². The van der Waals surface area contributed by atoms with Gasteiger partial charge in [-0.15, -0.1) is 0 Å². The quantitative estimate of drug-likeness (QED) is 0.426. The maximum Gasteiger partial charge on any atom is 0.278 e. The number of aliphatic hydroxyl groups is 3. The van der Waals surface area contributed by atoms with E-state index in [0.717, 1.165) is 31.4 Å². The summed E-state index contributed by atoms with van der Waals surface area (Å²) in [6.45, 7) is 2.14. The molecule has 1 rings (SSSR count). The molecule has 0 heterocycles. The summed E-state index contributed by atoms with van der Waals surface area (Å²) in [6, 6.07) is 3.62. The number of aryl methyl sites for hydroxylation is 1. The van der Waals surface area contributed by atoms with Gasteiger partial charge in [0.15, 0.2) is 11.6 Å². The van der Waals surface area contributed by atoms with Crippen molar-refractivity contribution in [3.63, 3.8) is 0 Å². The van der Waals surface area contributed by atoms with Crippen LogP contribution in [0.3, 0.4) is 0 Å². The van der Waals surface area contributed by atoms with Gasteiger partial charge in [0.2, 0.25) is 0 Å². The van der Waals surface area contributed by atoms with Gasteiger partial charge in [0.1, 0.15) is 0 Å². The van der Waals surface area contributed by atoms with Crippen molar-refractivity contribution < 1.29 is 24.1 Å². The zero-order chi connectivity index (χ0) is 17.3. The predicted molar refractivity (Wildman–Crippen MR) is 85.5 cm³/mol. The highest BCUT2D eigenvalue weighted by atomic mass is 19.2. The molecule has 1 unspecified atom stereocenters. The molecule has 0 aliphatic heterocycles. The second-order valence-corrected chi connectivity index (χ2v) is 6.23. The van der Waals surface area contributed by atoms with Gasteiger partial charge in [0, 0.05) is 5.92 Å². The molecule has 0 saturated carbocycles. The molecule has 0 saturated heterocycles. The minimum atomic E-state index is -2.73. The van der Waals surface area contributed by atoms with E-state index in [1.807, 2.05) is 0 Å². The van der Waals surface area contributed by atoms with E-state index in [1.54, 1.807) is 0 Å². The Morgan fingerprint density at radius 1 is 0.913 bits per heavy atom. The molecule has 0 amide bonds. The minimum absolute atomic E-state index is 0.295. The first-order chi connectivity index (χ1) is 10.8. The van der Waals surface area contributed by atoms with Crippen molar-refractivity contribution in [2.45, 2.75) is 70.7 Å². The monoisotopic (exact) mass is 330 g/mol. The van der Waals surface area contributed by atoms with Crippen LogP contribution in [0.5, 0.6) is 0 Å². The zero-order valence-corrected chi connectivity index (χ0v) is 13.8. The Balaban J connectivity index is 2.43. The summed E-state index contributed by atoms with van der Waals surface area (Å²) in [5, 5.41) is 28.4. The topological polar surface area (TPSA) is 60.7 Å². The predicted octanol–water partition coefficient (Wildman–Crippen LogP) is 3.89. The third kappa shape index (κ3) is 7.86. The summed E-state index contributed by atoms with van der Waals surface area (Å²) in [4.78, 5) is 0. The maximum absolute atomic E-state index is 13.2. The Morgan fingerprint density at radius 3 is 2.17 bits per heavy atom. The molecule has 0 aliphatic carbocycles. The molecule has 0 aromatic heterocycles. The Bertz CT molecular complexity index is 458. The van der Waals surface area contributed by atoms with Gasteiger partial charge in [0.25, 0.3) is 5.97 Å². The van der Waals surface area contributed by atoms with Crippen LogP contribution >= 0.6 is 0 Å². The van der Waals surface area contributed by atoms with Crippen molar-refractivity contribution in [1.29, 1.82) is 0 Å².